The molecule has 0 radical (unpaired) electrons. The van der Waals surface area contributed by atoms with Gasteiger partial charge >= 0.3 is 0 Å². The quantitative estimate of drug-likeness (QED) is 0.836. The van der Waals surface area contributed by atoms with Crippen molar-refractivity contribution in [2.75, 3.05) is 11.9 Å². The smallest absolute Gasteiger partial charge is 0.0877 e. The Balaban J connectivity index is 1.89. The highest BCUT2D eigenvalue weighted by molar-refractivity contribution is 5.64. The van der Waals surface area contributed by atoms with Gasteiger partial charge in [0.2, 0.25) is 0 Å². The number of nitrogens with one attached hydrogen (secondary N) is 2. The second-order valence-electron chi connectivity index (χ2n) is 5.99. The van der Waals surface area contributed by atoms with Crippen LogP contribution in [0.4, 0.5) is 5.69 Å². The minimum atomic E-state index is 0.0691. The summed E-state index contributed by atoms with van der Waals surface area (Å²) in [5.74, 6) is 0.315. The minimum absolute atomic E-state index is 0.0691. The largest absolute Gasteiger partial charge is 0.369 e. The lowest BCUT2D eigenvalue weighted by Gasteiger charge is -2.36. The summed E-state index contributed by atoms with van der Waals surface area (Å²) >= 11 is 0. The van der Waals surface area contributed by atoms with Crippen LogP contribution in [0.1, 0.15) is 23.5 Å². The zero-order chi connectivity index (χ0) is 14.3. The molecule has 2 N–H and O–H groups in total. The first-order chi connectivity index (χ1) is 10.4. The topological polar surface area (TPSA) is 24.1 Å². The summed E-state index contributed by atoms with van der Waals surface area (Å²) in [6.07, 6.45) is 3.55. The van der Waals surface area contributed by atoms with Crippen LogP contribution in [0.3, 0.4) is 0 Å². The summed E-state index contributed by atoms with van der Waals surface area (Å²) in [7, 11) is 0. The van der Waals surface area contributed by atoms with Crippen molar-refractivity contribution >= 4 is 5.69 Å². The maximum atomic E-state index is 4.15. The highest BCUT2D eigenvalue weighted by Crippen LogP contribution is 2.53. The predicted molar refractivity (Wildman–Crippen MR) is 87.5 cm³/mol. The lowest BCUT2D eigenvalue weighted by atomic mass is 9.66. The first kappa shape index (κ1) is 12.7. The van der Waals surface area contributed by atoms with Crippen molar-refractivity contribution in [1.29, 1.82) is 0 Å². The maximum Gasteiger partial charge on any atom is 0.0877 e. The van der Waals surface area contributed by atoms with Crippen LogP contribution in [0, 0.1) is 0 Å². The van der Waals surface area contributed by atoms with Gasteiger partial charge in [0.1, 0.15) is 0 Å². The molecular weight excluding hydrogens is 256 g/mol. The standard InChI is InChI=1S/C19H20N2/c1-2-15(14-8-4-3-5-9-14)19-12-13-20-18(19)21-17-11-7-6-10-16(17)19/h2-11,15,18,20-21H,1,12-13H2/t15-,18+,19+/m1/s1. The van der Waals surface area contributed by atoms with Crippen molar-refractivity contribution < 1.29 is 0 Å². The average Bonchev–Trinajstić information content (AvgIpc) is 3.06. The normalized spacial score (nSPS) is 27.5. The van der Waals surface area contributed by atoms with Crippen LogP contribution in [0.2, 0.25) is 0 Å². The van der Waals surface area contributed by atoms with E-state index in [2.05, 4.69) is 77.9 Å². The van der Waals surface area contributed by atoms with Crippen molar-refractivity contribution in [2.24, 2.45) is 0 Å². The van der Waals surface area contributed by atoms with E-state index >= 15 is 0 Å². The van der Waals surface area contributed by atoms with E-state index in [1.165, 1.54) is 16.8 Å². The molecule has 0 unspecified atom stereocenters. The molecule has 2 aliphatic rings. The maximum absolute atomic E-state index is 4.15. The first-order valence-electron chi connectivity index (χ1n) is 7.63. The molecule has 0 aliphatic carbocycles. The van der Waals surface area contributed by atoms with Crippen molar-refractivity contribution in [1.82, 2.24) is 5.32 Å². The van der Waals surface area contributed by atoms with E-state index in [1.807, 2.05) is 0 Å². The van der Waals surface area contributed by atoms with Gasteiger partial charge in [-0.3, -0.25) is 5.32 Å². The first-order valence-corrected chi connectivity index (χ1v) is 7.63. The van der Waals surface area contributed by atoms with E-state index in [1.54, 1.807) is 0 Å². The number of fused-ring (bicyclic) bond motifs is 3. The molecule has 4 rings (SSSR count). The fraction of sp³-hybridized carbons (Fsp3) is 0.263. The molecule has 2 aromatic carbocycles. The Labute approximate surface area is 125 Å². The molecule has 2 heterocycles. The van der Waals surface area contributed by atoms with E-state index < -0.39 is 0 Å². The summed E-state index contributed by atoms with van der Waals surface area (Å²) in [6.45, 7) is 5.20. The molecule has 106 valence electrons. The Morgan fingerprint density at radius 1 is 1.10 bits per heavy atom. The number of benzene rings is 2. The molecule has 1 saturated heterocycles. The molecule has 21 heavy (non-hydrogen) atoms. The summed E-state index contributed by atoms with van der Waals surface area (Å²) in [4.78, 5) is 0. The highest BCUT2D eigenvalue weighted by atomic mass is 15.2. The van der Waals surface area contributed by atoms with Crippen LogP contribution in [0.5, 0.6) is 0 Å². The van der Waals surface area contributed by atoms with Gasteiger partial charge in [-0.25, -0.2) is 0 Å². The van der Waals surface area contributed by atoms with Gasteiger partial charge in [-0.05, 0) is 30.2 Å². The Hall–Kier alpha value is -2.06. The van der Waals surface area contributed by atoms with Gasteiger partial charge in [0.25, 0.3) is 0 Å². The Morgan fingerprint density at radius 2 is 1.86 bits per heavy atom. The summed E-state index contributed by atoms with van der Waals surface area (Å²) in [6, 6.07) is 19.5. The monoisotopic (exact) mass is 276 g/mol. The lowest BCUT2D eigenvalue weighted by molar-refractivity contribution is 0.378. The Bertz CT molecular complexity index is 664. The van der Waals surface area contributed by atoms with Crippen LogP contribution in [-0.4, -0.2) is 12.7 Å². The van der Waals surface area contributed by atoms with Crippen molar-refractivity contribution in [3.05, 3.63) is 78.4 Å². The van der Waals surface area contributed by atoms with E-state index in [-0.39, 0.29) is 11.6 Å². The van der Waals surface area contributed by atoms with Gasteiger partial charge in [0.05, 0.1) is 6.17 Å². The van der Waals surface area contributed by atoms with E-state index in [0.717, 1.165) is 13.0 Å². The highest BCUT2D eigenvalue weighted by Gasteiger charge is 2.54. The third-order valence-electron chi connectivity index (χ3n) is 5.08. The SMILES string of the molecule is C=C[C@H](c1ccccc1)[C@]12CCN[C@H]1Nc1ccccc12. The fourth-order valence-electron chi connectivity index (χ4n) is 4.20. The van der Waals surface area contributed by atoms with E-state index in [0.29, 0.717) is 5.92 Å². The molecule has 2 heteroatoms. The van der Waals surface area contributed by atoms with Crippen molar-refractivity contribution in [3.8, 4) is 0 Å². The second kappa shape index (κ2) is 4.74. The third kappa shape index (κ3) is 1.69. The van der Waals surface area contributed by atoms with Gasteiger partial charge < -0.3 is 5.32 Å². The predicted octanol–water partition coefficient (Wildman–Crippen LogP) is 3.64. The molecule has 3 atom stereocenters. The molecule has 2 aliphatic heterocycles. The molecule has 0 bridgehead atoms. The molecule has 0 aromatic heterocycles. The van der Waals surface area contributed by atoms with Crippen LogP contribution >= 0.6 is 0 Å². The number of para-hydroxylation sites is 1. The van der Waals surface area contributed by atoms with Gasteiger partial charge in [-0.15, -0.1) is 6.58 Å². The number of hydrogen-bond donors (Lipinski definition) is 2. The van der Waals surface area contributed by atoms with Gasteiger partial charge in [0.15, 0.2) is 0 Å². The Kier molecular flexibility index (Phi) is 2.86. The lowest BCUT2D eigenvalue weighted by Crippen LogP contribution is -2.44. The van der Waals surface area contributed by atoms with Crippen LogP contribution < -0.4 is 10.6 Å². The van der Waals surface area contributed by atoms with Crippen LogP contribution in [0.15, 0.2) is 67.3 Å². The van der Waals surface area contributed by atoms with Crippen molar-refractivity contribution in [3.63, 3.8) is 0 Å². The molecule has 0 spiro atoms. The van der Waals surface area contributed by atoms with E-state index in [9.17, 15) is 0 Å². The Morgan fingerprint density at radius 3 is 2.67 bits per heavy atom. The second-order valence-corrected chi connectivity index (χ2v) is 5.99. The summed E-state index contributed by atoms with van der Waals surface area (Å²) < 4.78 is 0. The number of allylic oxidation sites excluding steroid dienone is 1. The number of rotatable bonds is 3. The van der Waals surface area contributed by atoms with Gasteiger partial charge in [-0.1, -0.05) is 54.6 Å². The number of anilines is 1. The molecule has 0 saturated carbocycles. The van der Waals surface area contributed by atoms with Crippen LogP contribution in [0.25, 0.3) is 0 Å². The molecule has 1 fully saturated rings. The minimum Gasteiger partial charge on any atom is -0.369 e. The molecule has 2 aromatic rings. The third-order valence-corrected chi connectivity index (χ3v) is 5.08. The van der Waals surface area contributed by atoms with Gasteiger partial charge in [-0.2, -0.15) is 0 Å². The molecular formula is C19H20N2. The fourth-order valence-corrected chi connectivity index (χ4v) is 4.20. The summed E-state index contributed by atoms with van der Waals surface area (Å²) in [5, 5.41) is 7.29. The van der Waals surface area contributed by atoms with Crippen molar-refractivity contribution in [2.45, 2.75) is 23.9 Å². The summed E-state index contributed by atoms with van der Waals surface area (Å²) in [5.41, 5.74) is 4.10. The van der Waals surface area contributed by atoms with E-state index in [4.69, 9.17) is 0 Å². The number of hydrogen-bond acceptors (Lipinski definition) is 2. The average molecular weight is 276 g/mol. The molecule has 2 nitrogen and oxygen atoms in total. The van der Waals surface area contributed by atoms with Gasteiger partial charge in [0, 0.05) is 17.0 Å². The zero-order valence-corrected chi connectivity index (χ0v) is 12.0. The van der Waals surface area contributed by atoms with Crippen LogP contribution in [-0.2, 0) is 5.41 Å². The molecule has 0 amide bonds. The zero-order valence-electron chi connectivity index (χ0n) is 12.0.